The Morgan fingerprint density at radius 2 is 1.67 bits per heavy atom. The summed E-state index contributed by atoms with van der Waals surface area (Å²) < 4.78 is 0. The van der Waals surface area contributed by atoms with E-state index in [4.69, 9.17) is 16.6 Å². The fraction of sp³-hybridized carbons (Fsp3) is 0.286. The van der Waals surface area contributed by atoms with E-state index in [0.29, 0.717) is 5.82 Å². The quantitative estimate of drug-likeness (QED) is 0.684. The molecule has 0 unspecified atom stereocenters. The van der Waals surface area contributed by atoms with E-state index in [-0.39, 0.29) is 0 Å². The van der Waals surface area contributed by atoms with Gasteiger partial charge in [-0.15, -0.1) is 0 Å². The maximum absolute atomic E-state index is 6.14. The lowest BCUT2D eigenvalue weighted by molar-refractivity contribution is 0.645. The van der Waals surface area contributed by atoms with Gasteiger partial charge in [0.1, 0.15) is 11.5 Å². The molecule has 0 amide bonds. The molecule has 1 aliphatic rings. The van der Waals surface area contributed by atoms with Crippen LogP contribution in [-0.4, -0.2) is 41.1 Å². The Labute approximate surface area is 164 Å². The normalized spacial score (nSPS) is 14.5. The second-order valence-corrected chi connectivity index (χ2v) is 7.19. The third-order valence-corrected chi connectivity index (χ3v) is 5.25. The molecule has 27 heavy (non-hydrogen) atoms. The van der Waals surface area contributed by atoms with E-state index in [2.05, 4.69) is 32.8 Å². The predicted molar refractivity (Wildman–Crippen MR) is 111 cm³/mol. The molecule has 3 aromatic rings. The molecule has 0 radical (unpaired) electrons. The molecule has 1 fully saturated rings. The fourth-order valence-corrected chi connectivity index (χ4v) is 3.56. The minimum atomic E-state index is 0.686. The number of aryl methyl sites for hydroxylation is 1. The van der Waals surface area contributed by atoms with Crippen LogP contribution in [0.3, 0.4) is 0 Å². The van der Waals surface area contributed by atoms with Crippen LogP contribution in [0.25, 0.3) is 11.5 Å². The highest BCUT2D eigenvalue weighted by molar-refractivity contribution is 6.30. The van der Waals surface area contributed by atoms with Crippen molar-refractivity contribution in [1.29, 1.82) is 0 Å². The van der Waals surface area contributed by atoms with E-state index in [1.54, 1.807) is 6.20 Å². The van der Waals surface area contributed by atoms with Crippen molar-refractivity contribution in [2.45, 2.75) is 13.8 Å². The Hall–Kier alpha value is -2.66. The first-order valence-corrected chi connectivity index (χ1v) is 9.52. The summed E-state index contributed by atoms with van der Waals surface area (Å²) in [6, 6.07) is 13.9. The van der Waals surface area contributed by atoms with Crippen LogP contribution in [0.2, 0.25) is 5.02 Å². The van der Waals surface area contributed by atoms with Gasteiger partial charge in [0, 0.05) is 54.3 Å². The first-order valence-electron chi connectivity index (χ1n) is 9.14. The number of nitrogens with zero attached hydrogens (tertiary/aromatic N) is 5. The number of pyridine rings is 1. The molecular formula is C21H22ClN5. The average Bonchev–Trinajstić information content (AvgIpc) is 2.71. The molecule has 1 aliphatic heterocycles. The summed E-state index contributed by atoms with van der Waals surface area (Å²) in [5.74, 6) is 1.69. The van der Waals surface area contributed by atoms with Gasteiger partial charge in [-0.2, -0.15) is 0 Å². The van der Waals surface area contributed by atoms with Gasteiger partial charge < -0.3 is 9.80 Å². The largest absolute Gasteiger partial charge is 0.368 e. The highest BCUT2D eigenvalue weighted by Gasteiger charge is 2.22. The molecule has 0 bridgehead atoms. The van der Waals surface area contributed by atoms with E-state index >= 15 is 0 Å². The molecular weight excluding hydrogens is 358 g/mol. The monoisotopic (exact) mass is 379 g/mol. The van der Waals surface area contributed by atoms with Crippen molar-refractivity contribution in [3.63, 3.8) is 0 Å². The van der Waals surface area contributed by atoms with Gasteiger partial charge in [0.15, 0.2) is 5.82 Å². The maximum Gasteiger partial charge on any atom is 0.180 e. The number of halogens is 1. The van der Waals surface area contributed by atoms with E-state index in [1.165, 1.54) is 5.69 Å². The molecule has 2 aromatic heterocycles. The Morgan fingerprint density at radius 3 is 2.37 bits per heavy atom. The molecule has 0 N–H and O–H groups in total. The van der Waals surface area contributed by atoms with Gasteiger partial charge >= 0.3 is 0 Å². The second kappa shape index (κ2) is 7.53. The Balaban J connectivity index is 1.57. The van der Waals surface area contributed by atoms with Crippen molar-refractivity contribution in [3.8, 4) is 11.5 Å². The molecule has 0 aliphatic carbocycles. The van der Waals surface area contributed by atoms with Crippen LogP contribution in [0, 0.1) is 13.8 Å². The smallest absolute Gasteiger partial charge is 0.180 e. The van der Waals surface area contributed by atoms with Gasteiger partial charge in [-0.05, 0) is 44.2 Å². The van der Waals surface area contributed by atoms with Gasteiger partial charge in [-0.25, -0.2) is 9.97 Å². The van der Waals surface area contributed by atoms with E-state index in [0.717, 1.165) is 54.0 Å². The number of piperazine rings is 1. The summed E-state index contributed by atoms with van der Waals surface area (Å²) in [4.78, 5) is 18.6. The minimum Gasteiger partial charge on any atom is -0.368 e. The highest BCUT2D eigenvalue weighted by atomic mass is 35.5. The summed E-state index contributed by atoms with van der Waals surface area (Å²) in [6.45, 7) is 7.81. The first-order chi connectivity index (χ1) is 13.1. The lowest BCUT2D eigenvalue weighted by Gasteiger charge is -2.37. The average molecular weight is 380 g/mol. The van der Waals surface area contributed by atoms with Crippen molar-refractivity contribution < 1.29 is 0 Å². The molecule has 3 heterocycles. The van der Waals surface area contributed by atoms with Crippen molar-refractivity contribution in [1.82, 2.24) is 15.0 Å². The van der Waals surface area contributed by atoms with Crippen LogP contribution >= 0.6 is 11.6 Å². The van der Waals surface area contributed by atoms with Crippen LogP contribution in [0.15, 0.2) is 48.7 Å². The molecule has 1 aromatic carbocycles. The van der Waals surface area contributed by atoms with Crippen molar-refractivity contribution in [2.24, 2.45) is 0 Å². The van der Waals surface area contributed by atoms with E-state index in [9.17, 15) is 0 Å². The van der Waals surface area contributed by atoms with Crippen LogP contribution in [0.5, 0.6) is 0 Å². The SMILES string of the molecule is Cc1nc(-c2ccccn2)nc(N2CCN(c3cccc(Cl)c3)CC2)c1C. The Kier molecular flexibility index (Phi) is 4.94. The van der Waals surface area contributed by atoms with Gasteiger partial charge in [0.05, 0.1) is 0 Å². The summed E-state index contributed by atoms with van der Waals surface area (Å²) in [7, 11) is 0. The predicted octanol–water partition coefficient (Wildman–Crippen LogP) is 4.14. The Bertz CT molecular complexity index is 937. The lowest BCUT2D eigenvalue weighted by Crippen LogP contribution is -2.47. The van der Waals surface area contributed by atoms with Gasteiger partial charge in [-0.3, -0.25) is 4.98 Å². The van der Waals surface area contributed by atoms with Gasteiger partial charge in [0.2, 0.25) is 0 Å². The molecule has 0 spiro atoms. The zero-order valence-corrected chi connectivity index (χ0v) is 16.3. The van der Waals surface area contributed by atoms with Crippen molar-refractivity contribution in [3.05, 3.63) is 64.9 Å². The molecule has 138 valence electrons. The summed E-state index contributed by atoms with van der Waals surface area (Å²) in [5.41, 5.74) is 4.11. The summed E-state index contributed by atoms with van der Waals surface area (Å²) in [6.07, 6.45) is 1.78. The fourth-order valence-electron chi connectivity index (χ4n) is 3.38. The lowest BCUT2D eigenvalue weighted by atomic mass is 10.2. The molecule has 0 atom stereocenters. The number of hydrogen-bond donors (Lipinski definition) is 0. The van der Waals surface area contributed by atoms with Crippen LogP contribution in [0.4, 0.5) is 11.5 Å². The van der Waals surface area contributed by atoms with Crippen LogP contribution in [-0.2, 0) is 0 Å². The number of rotatable bonds is 3. The zero-order chi connectivity index (χ0) is 18.8. The molecule has 1 saturated heterocycles. The summed E-state index contributed by atoms with van der Waals surface area (Å²) in [5, 5.41) is 0.775. The second-order valence-electron chi connectivity index (χ2n) is 6.75. The molecule has 4 rings (SSSR count). The third-order valence-electron chi connectivity index (χ3n) is 5.01. The highest BCUT2D eigenvalue weighted by Crippen LogP contribution is 2.26. The number of benzene rings is 1. The van der Waals surface area contributed by atoms with Crippen molar-refractivity contribution in [2.75, 3.05) is 36.0 Å². The summed E-state index contributed by atoms with van der Waals surface area (Å²) >= 11 is 6.14. The molecule has 5 nitrogen and oxygen atoms in total. The number of anilines is 2. The Morgan fingerprint density at radius 1 is 0.889 bits per heavy atom. The topological polar surface area (TPSA) is 45.2 Å². The first kappa shape index (κ1) is 17.7. The van der Waals surface area contributed by atoms with E-state index in [1.807, 2.05) is 43.3 Å². The van der Waals surface area contributed by atoms with E-state index < -0.39 is 0 Å². The third kappa shape index (κ3) is 3.74. The van der Waals surface area contributed by atoms with Crippen LogP contribution in [0.1, 0.15) is 11.3 Å². The number of hydrogen-bond acceptors (Lipinski definition) is 5. The van der Waals surface area contributed by atoms with Gasteiger partial charge in [-0.1, -0.05) is 23.7 Å². The maximum atomic E-state index is 6.14. The van der Waals surface area contributed by atoms with Crippen molar-refractivity contribution >= 4 is 23.1 Å². The molecule has 6 heteroatoms. The zero-order valence-electron chi connectivity index (χ0n) is 15.6. The standard InChI is InChI=1S/C21H22ClN5/c1-15-16(2)24-20(19-8-3-4-9-23-19)25-21(15)27-12-10-26(11-13-27)18-7-5-6-17(22)14-18/h3-9,14H,10-13H2,1-2H3. The minimum absolute atomic E-state index is 0.686. The number of aromatic nitrogens is 3. The van der Waals surface area contributed by atoms with Crippen LogP contribution < -0.4 is 9.80 Å². The molecule has 0 saturated carbocycles. The van der Waals surface area contributed by atoms with Gasteiger partial charge in [0.25, 0.3) is 0 Å².